The molecule has 19 heavy (non-hydrogen) atoms. The zero-order chi connectivity index (χ0) is 13.7. The van der Waals surface area contributed by atoms with Gasteiger partial charge in [0.25, 0.3) is 0 Å². The molecule has 102 valence electrons. The minimum atomic E-state index is -0.598. The highest BCUT2D eigenvalue weighted by atomic mass is 35.5. The lowest BCUT2D eigenvalue weighted by molar-refractivity contribution is 0.0187. The van der Waals surface area contributed by atoms with Gasteiger partial charge in [-0.1, -0.05) is 41.9 Å². The first-order valence-electron chi connectivity index (χ1n) is 6.14. The van der Waals surface area contributed by atoms with Gasteiger partial charge < -0.3 is 9.84 Å². The number of aliphatic hydroxyl groups excluding tert-OH is 1. The Kier molecular flexibility index (Phi) is 4.96. The minimum Gasteiger partial charge on any atom is -0.389 e. The number of benzene rings is 1. The Bertz CT molecular complexity index is 494. The second-order valence-electron chi connectivity index (χ2n) is 4.44. The summed E-state index contributed by atoms with van der Waals surface area (Å²) in [6.07, 6.45) is 1.11. The van der Waals surface area contributed by atoms with Crippen LogP contribution >= 0.6 is 11.6 Å². The van der Waals surface area contributed by atoms with Crippen molar-refractivity contribution in [3.63, 3.8) is 0 Å². The van der Waals surface area contributed by atoms with Crippen molar-refractivity contribution in [2.75, 3.05) is 6.61 Å². The Morgan fingerprint density at radius 3 is 2.74 bits per heavy atom. The highest BCUT2D eigenvalue weighted by Crippen LogP contribution is 2.12. The molecule has 0 aliphatic heterocycles. The van der Waals surface area contributed by atoms with Gasteiger partial charge in [-0.2, -0.15) is 5.10 Å². The number of halogens is 1. The smallest absolute Gasteiger partial charge is 0.0969 e. The molecule has 0 radical (unpaired) electrons. The molecule has 0 bridgehead atoms. The summed E-state index contributed by atoms with van der Waals surface area (Å²) in [6.45, 7) is 2.97. The van der Waals surface area contributed by atoms with Gasteiger partial charge in [-0.15, -0.1) is 0 Å². The number of hydrogen-bond acceptors (Lipinski definition) is 3. The van der Waals surface area contributed by atoms with Crippen LogP contribution in [-0.4, -0.2) is 27.6 Å². The van der Waals surface area contributed by atoms with Crippen LogP contribution in [0.25, 0.3) is 0 Å². The van der Waals surface area contributed by atoms with E-state index in [2.05, 4.69) is 5.10 Å². The molecule has 0 amide bonds. The van der Waals surface area contributed by atoms with Crippen LogP contribution in [0.3, 0.4) is 0 Å². The monoisotopic (exact) mass is 280 g/mol. The topological polar surface area (TPSA) is 47.3 Å². The Labute approximate surface area is 117 Å². The van der Waals surface area contributed by atoms with E-state index in [0.717, 1.165) is 11.3 Å². The van der Waals surface area contributed by atoms with Gasteiger partial charge in [0.15, 0.2) is 0 Å². The first kappa shape index (κ1) is 14.1. The fourth-order valence-corrected chi connectivity index (χ4v) is 1.89. The number of ether oxygens (including phenoxy) is 1. The van der Waals surface area contributed by atoms with Crippen LogP contribution in [0, 0.1) is 6.92 Å². The van der Waals surface area contributed by atoms with E-state index in [0.29, 0.717) is 18.2 Å². The van der Waals surface area contributed by atoms with E-state index in [4.69, 9.17) is 16.3 Å². The van der Waals surface area contributed by atoms with Crippen LogP contribution < -0.4 is 0 Å². The summed E-state index contributed by atoms with van der Waals surface area (Å²) in [5, 5.41) is 14.6. The third-order valence-electron chi connectivity index (χ3n) is 2.71. The molecule has 1 atom stereocenters. The molecule has 1 unspecified atom stereocenters. The van der Waals surface area contributed by atoms with Crippen molar-refractivity contribution in [2.45, 2.75) is 26.2 Å². The minimum absolute atomic E-state index is 0.269. The van der Waals surface area contributed by atoms with E-state index in [1.807, 2.05) is 37.3 Å². The summed E-state index contributed by atoms with van der Waals surface area (Å²) >= 11 is 5.90. The Morgan fingerprint density at radius 1 is 1.37 bits per heavy atom. The fraction of sp³-hybridized carbons (Fsp3) is 0.357. The van der Waals surface area contributed by atoms with Crippen LogP contribution in [-0.2, 0) is 17.9 Å². The molecule has 2 aromatic rings. The van der Waals surface area contributed by atoms with Gasteiger partial charge in [0, 0.05) is 6.20 Å². The van der Waals surface area contributed by atoms with Crippen molar-refractivity contribution in [2.24, 2.45) is 0 Å². The molecule has 0 fully saturated rings. The average molecular weight is 281 g/mol. The summed E-state index contributed by atoms with van der Waals surface area (Å²) in [5.41, 5.74) is 1.85. The predicted octanol–water partition coefficient (Wildman–Crippen LogP) is 2.42. The largest absolute Gasteiger partial charge is 0.389 e. The van der Waals surface area contributed by atoms with Crippen LogP contribution in [0.5, 0.6) is 0 Å². The Hall–Kier alpha value is -1.36. The SMILES string of the molecule is Cc1nn(CC(O)COCc2ccccc2)cc1Cl. The Balaban J connectivity index is 1.74. The van der Waals surface area contributed by atoms with Crippen LogP contribution in [0.15, 0.2) is 36.5 Å². The van der Waals surface area contributed by atoms with Crippen molar-refractivity contribution < 1.29 is 9.84 Å². The molecular formula is C14H17ClN2O2. The molecule has 1 aromatic carbocycles. The van der Waals surface area contributed by atoms with Crippen molar-refractivity contribution in [3.8, 4) is 0 Å². The second kappa shape index (κ2) is 6.70. The first-order valence-corrected chi connectivity index (χ1v) is 6.52. The Morgan fingerprint density at radius 2 is 2.11 bits per heavy atom. The van der Waals surface area contributed by atoms with E-state index >= 15 is 0 Å². The number of aliphatic hydroxyl groups is 1. The lowest BCUT2D eigenvalue weighted by Gasteiger charge is -2.11. The van der Waals surface area contributed by atoms with Gasteiger partial charge in [0.2, 0.25) is 0 Å². The quantitative estimate of drug-likeness (QED) is 0.884. The zero-order valence-electron chi connectivity index (χ0n) is 10.8. The fourth-order valence-electron chi connectivity index (χ4n) is 1.74. The predicted molar refractivity (Wildman–Crippen MR) is 74.1 cm³/mol. The summed E-state index contributed by atoms with van der Waals surface area (Å²) in [4.78, 5) is 0. The van der Waals surface area contributed by atoms with Gasteiger partial charge in [-0.05, 0) is 12.5 Å². The number of rotatable bonds is 6. The molecule has 0 aliphatic rings. The summed E-state index contributed by atoms with van der Waals surface area (Å²) < 4.78 is 7.10. The van der Waals surface area contributed by atoms with Gasteiger partial charge in [-0.3, -0.25) is 4.68 Å². The third-order valence-corrected chi connectivity index (χ3v) is 3.08. The van der Waals surface area contributed by atoms with E-state index in [-0.39, 0.29) is 6.61 Å². The number of aromatic nitrogens is 2. The zero-order valence-corrected chi connectivity index (χ0v) is 11.5. The molecule has 0 saturated carbocycles. The molecule has 4 nitrogen and oxygen atoms in total. The van der Waals surface area contributed by atoms with Crippen molar-refractivity contribution in [1.29, 1.82) is 0 Å². The number of nitrogens with zero attached hydrogens (tertiary/aromatic N) is 2. The molecule has 1 heterocycles. The van der Waals surface area contributed by atoms with E-state index in [9.17, 15) is 5.11 Å². The molecule has 5 heteroatoms. The van der Waals surface area contributed by atoms with E-state index in [1.54, 1.807) is 10.9 Å². The third kappa shape index (κ3) is 4.35. The maximum absolute atomic E-state index is 9.85. The highest BCUT2D eigenvalue weighted by Gasteiger charge is 2.08. The number of aryl methyl sites for hydroxylation is 1. The van der Waals surface area contributed by atoms with Gasteiger partial charge in [0.1, 0.15) is 0 Å². The van der Waals surface area contributed by atoms with E-state index in [1.165, 1.54) is 0 Å². The average Bonchev–Trinajstić information content (AvgIpc) is 2.69. The van der Waals surface area contributed by atoms with Gasteiger partial charge >= 0.3 is 0 Å². The highest BCUT2D eigenvalue weighted by molar-refractivity contribution is 6.31. The molecule has 1 N–H and O–H groups in total. The van der Waals surface area contributed by atoms with Crippen LogP contribution in [0.4, 0.5) is 0 Å². The van der Waals surface area contributed by atoms with Gasteiger partial charge in [-0.25, -0.2) is 0 Å². The molecular weight excluding hydrogens is 264 g/mol. The van der Waals surface area contributed by atoms with Crippen LogP contribution in [0.1, 0.15) is 11.3 Å². The van der Waals surface area contributed by atoms with Crippen LogP contribution in [0.2, 0.25) is 5.02 Å². The van der Waals surface area contributed by atoms with Crippen molar-refractivity contribution in [3.05, 3.63) is 52.8 Å². The molecule has 0 saturated heterocycles. The molecule has 2 rings (SSSR count). The summed E-state index contributed by atoms with van der Waals surface area (Å²) in [5.74, 6) is 0. The van der Waals surface area contributed by atoms with E-state index < -0.39 is 6.10 Å². The molecule has 1 aromatic heterocycles. The lowest BCUT2D eigenvalue weighted by atomic mass is 10.2. The maximum Gasteiger partial charge on any atom is 0.0969 e. The standard InChI is InChI=1S/C14H17ClN2O2/c1-11-14(15)8-17(16-11)7-13(18)10-19-9-12-5-3-2-4-6-12/h2-6,8,13,18H,7,9-10H2,1H3. The van der Waals surface area contributed by atoms with Gasteiger partial charge in [0.05, 0.1) is 36.6 Å². The second-order valence-corrected chi connectivity index (χ2v) is 4.85. The maximum atomic E-state index is 9.85. The van der Waals surface area contributed by atoms with Crippen molar-refractivity contribution >= 4 is 11.6 Å². The lowest BCUT2D eigenvalue weighted by Crippen LogP contribution is -2.22. The first-order chi connectivity index (χ1) is 9.15. The normalized spacial score (nSPS) is 12.6. The summed E-state index contributed by atoms with van der Waals surface area (Å²) in [6, 6.07) is 9.86. The number of hydrogen-bond donors (Lipinski definition) is 1. The molecule has 0 spiro atoms. The molecule has 0 aliphatic carbocycles. The summed E-state index contributed by atoms with van der Waals surface area (Å²) in [7, 11) is 0. The van der Waals surface area contributed by atoms with Crippen molar-refractivity contribution in [1.82, 2.24) is 9.78 Å².